The van der Waals surface area contributed by atoms with E-state index >= 15 is 0 Å². The Morgan fingerprint density at radius 2 is 1.78 bits per heavy atom. The highest BCUT2D eigenvalue weighted by molar-refractivity contribution is 7.91. The van der Waals surface area contributed by atoms with Crippen molar-refractivity contribution in [1.82, 2.24) is 4.98 Å². The summed E-state index contributed by atoms with van der Waals surface area (Å²) >= 11 is 0. The fourth-order valence-corrected chi connectivity index (χ4v) is 4.03. The lowest BCUT2D eigenvalue weighted by Gasteiger charge is -2.18. The number of sulfonamides is 1. The number of hydrogen-bond acceptors (Lipinski definition) is 4. The molecule has 0 radical (unpaired) electrons. The molecule has 0 unspecified atom stereocenters. The van der Waals surface area contributed by atoms with Gasteiger partial charge in [0.05, 0.1) is 17.1 Å². The number of aromatic nitrogens is 1. The number of pyridine rings is 1. The number of nitrogens with zero attached hydrogens (tertiary/aromatic N) is 2. The molecule has 0 atom stereocenters. The normalized spacial score (nSPS) is 14.9. The third-order valence-corrected chi connectivity index (χ3v) is 5.21. The highest BCUT2D eigenvalue weighted by Crippen LogP contribution is 2.23. The predicted molar refractivity (Wildman–Crippen MR) is 93.1 cm³/mol. The summed E-state index contributed by atoms with van der Waals surface area (Å²) in [5.41, 5.74) is 2.01. The molecule has 0 amide bonds. The third-order valence-electron chi connectivity index (χ3n) is 3.97. The van der Waals surface area contributed by atoms with Crippen molar-refractivity contribution >= 4 is 21.5 Å². The lowest BCUT2D eigenvalue weighted by atomic mass is 10.2. The number of aryl methyl sites for hydroxylation is 1. The van der Waals surface area contributed by atoms with Crippen LogP contribution in [-0.4, -0.2) is 26.5 Å². The van der Waals surface area contributed by atoms with Gasteiger partial charge in [-0.15, -0.1) is 0 Å². The zero-order valence-corrected chi connectivity index (χ0v) is 14.0. The molecule has 1 aromatic carbocycles. The Hall–Kier alpha value is -2.08. The van der Waals surface area contributed by atoms with Crippen LogP contribution in [0.5, 0.6) is 0 Å². The monoisotopic (exact) mass is 331 g/mol. The van der Waals surface area contributed by atoms with E-state index in [4.69, 9.17) is 0 Å². The quantitative estimate of drug-likeness (QED) is 0.915. The molecular weight excluding hydrogens is 310 g/mol. The minimum absolute atomic E-state index is 0.0405. The Balaban J connectivity index is 1.74. The van der Waals surface area contributed by atoms with Crippen molar-refractivity contribution in [3.8, 4) is 0 Å². The Kier molecular flexibility index (Phi) is 4.52. The number of rotatable bonds is 5. The largest absolute Gasteiger partial charge is 0.357 e. The van der Waals surface area contributed by atoms with Crippen molar-refractivity contribution < 1.29 is 8.42 Å². The first kappa shape index (κ1) is 15.8. The van der Waals surface area contributed by atoms with Crippen LogP contribution in [0.4, 0.5) is 11.5 Å². The first-order valence-electron chi connectivity index (χ1n) is 7.80. The first-order valence-corrected chi connectivity index (χ1v) is 9.46. The summed E-state index contributed by atoms with van der Waals surface area (Å²) in [6.07, 6.45) is 2.37. The lowest BCUT2D eigenvalue weighted by Crippen LogP contribution is -2.20. The second-order valence-corrected chi connectivity index (χ2v) is 7.57. The van der Waals surface area contributed by atoms with E-state index in [9.17, 15) is 8.42 Å². The first-order chi connectivity index (χ1) is 11.0. The molecule has 1 aliphatic rings. The third kappa shape index (κ3) is 4.01. The van der Waals surface area contributed by atoms with Gasteiger partial charge < -0.3 is 4.90 Å². The van der Waals surface area contributed by atoms with E-state index in [0.29, 0.717) is 11.4 Å². The molecule has 6 heteroatoms. The molecule has 0 spiro atoms. The second kappa shape index (κ2) is 6.58. The van der Waals surface area contributed by atoms with Crippen LogP contribution in [0.2, 0.25) is 0 Å². The second-order valence-electron chi connectivity index (χ2n) is 5.84. The highest BCUT2D eigenvalue weighted by Gasteiger charge is 2.17. The van der Waals surface area contributed by atoms with Gasteiger partial charge in [-0.1, -0.05) is 30.3 Å². The van der Waals surface area contributed by atoms with Gasteiger partial charge in [0.1, 0.15) is 5.82 Å². The summed E-state index contributed by atoms with van der Waals surface area (Å²) in [5, 5.41) is 0. The molecule has 1 fully saturated rings. The van der Waals surface area contributed by atoms with Gasteiger partial charge >= 0.3 is 0 Å². The Morgan fingerprint density at radius 1 is 1.09 bits per heavy atom. The number of nitrogens with one attached hydrogen (secondary N) is 1. The summed E-state index contributed by atoms with van der Waals surface area (Å²) in [5.74, 6) is 0.882. The number of benzene rings is 1. The van der Waals surface area contributed by atoms with E-state index in [1.165, 1.54) is 12.8 Å². The summed E-state index contributed by atoms with van der Waals surface area (Å²) in [6.45, 7) is 3.87. The van der Waals surface area contributed by atoms with Gasteiger partial charge in [0.15, 0.2) is 0 Å². The predicted octanol–water partition coefficient (Wildman–Crippen LogP) is 2.93. The van der Waals surface area contributed by atoms with Gasteiger partial charge in [0.25, 0.3) is 0 Å². The fourth-order valence-electron chi connectivity index (χ4n) is 2.78. The molecule has 1 saturated heterocycles. The van der Waals surface area contributed by atoms with Crippen LogP contribution in [0.25, 0.3) is 0 Å². The minimum atomic E-state index is -3.45. The summed E-state index contributed by atoms with van der Waals surface area (Å²) in [7, 11) is -3.45. The van der Waals surface area contributed by atoms with Crippen LogP contribution < -0.4 is 9.62 Å². The molecule has 23 heavy (non-hydrogen) atoms. The molecule has 2 aromatic rings. The standard InChI is InChI=1S/C17H21N3O2S/c1-14-16(9-10-17(18-14)20-11-5-6-12-20)19-23(21,22)13-15-7-3-2-4-8-15/h2-4,7-10,19H,5-6,11-13H2,1H3. The van der Waals surface area contributed by atoms with Crippen molar-refractivity contribution in [3.63, 3.8) is 0 Å². The van der Waals surface area contributed by atoms with Gasteiger partial charge in [0, 0.05) is 13.1 Å². The van der Waals surface area contributed by atoms with Crippen LogP contribution in [0.3, 0.4) is 0 Å². The lowest BCUT2D eigenvalue weighted by molar-refractivity contribution is 0.600. The van der Waals surface area contributed by atoms with Gasteiger partial charge in [-0.05, 0) is 37.5 Å². The highest BCUT2D eigenvalue weighted by atomic mass is 32.2. The summed E-state index contributed by atoms with van der Waals surface area (Å²) in [6, 6.07) is 12.8. The number of hydrogen-bond donors (Lipinski definition) is 1. The molecule has 3 rings (SSSR count). The molecule has 1 aromatic heterocycles. The van der Waals surface area contributed by atoms with Crippen molar-refractivity contribution in [2.75, 3.05) is 22.7 Å². The molecule has 0 bridgehead atoms. The zero-order chi connectivity index (χ0) is 16.3. The maximum absolute atomic E-state index is 12.3. The van der Waals surface area contributed by atoms with E-state index in [-0.39, 0.29) is 5.75 Å². The van der Waals surface area contributed by atoms with Gasteiger partial charge in [-0.3, -0.25) is 4.72 Å². The van der Waals surface area contributed by atoms with Crippen LogP contribution in [0.1, 0.15) is 24.1 Å². The van der Waals surface area contributed by atoms with Crippen molar-refractivity contribution in [1.29, 1.82) is 0 Å². The summed E-state index contributed by atoms with van der Waals surface area (Å²) in [4.78, 5) is 6.78. The smallest absolute Gasteiger partial charge is 0.236 e. The maximum Gasteiger partial charge on any atom is 0.236 e. The van der Waals surface area contributed by atoms with E-state index < -0.39 is 10.0 Å². The SMILES string of the molecule is Cc1nc(N2CCCC2)ccc1NS(=O)(=O)Cc1ccccc1. The van der Waals surface area contributed by atoms with Crippen LogP contribution in [0.15, 0.2) is 42.5 Å². The van der Waals surface area contributed by atoms with Crippen LogP contribution in [0, 0.1) is 6.92 Å². The van der Waals surface area contributed by atoms with Crippen molar-refractivity contribution in [2.45, 2.75) is 25.5 Å². The van der Waals surface area contributed by atoms with E-state index in [0.717, 1.165) is 24.5 Å². The van der Waals surface area contributed by atoms with Crippen LogP contribution in [-0.2, 0) is 15.8 Å². The van der Waals surface area contributed by atoms with E-state index in [2.05, 4.69) is 14.6 Å². The Bertz CT molecular complexity index is 770. The fraction of sp³-hybridized carbons (Fsp3) is 0.353. The van der Waals surface area contributed by atoms with Gasteiger partial charge in [0.2, 0.25) is 10.0 Å². The molecular formula is C17H21N3O2S. The Labute approximate surface area is 137 Å². The minimum Gasteiger partial charge on any atom is -0.357 e. The molecule has 0 saturated carbocycles. The van der Waals surface area contributed by atoms with E-state index in [1.807, 2.05) is 31.2 Å². The average Bonchev–Trinajstić information content (AvgIpc) is 3.04. The molecule has 1 N–H and O–H groups in total. The zero-order valence-electron chi connectivity index (χ0n) is 13.2. The molecule has 122 valence electrons. The van der Waals surface area contributed by atoms with Gasteiger partial charge in [-0.25, -0.2) is 13.4 Å². The van der Waals surface area contributed by atoms with Crippen molar-refractivity contribution in [2.24, 2.45) is 0 Å². The molecule has 2 heterocycles. The van der Waals surface area contributed by atoms with Crippen molar-refractivity contribution in [3.05, 3.63) is 53.7 Å². The van der Waals surface area contributed by atoms with Gasteiger partial charge in [-0.2, -0.15) is 0 Å². The molecule has 1 aliphatic heterocycles. The number of anilines is 2. The van der Waals surface area contributed by atoms with E-state index in [1.54, 1.807) is 18.2 Å². The Morgan fingerprint density at radius 3 is 2.43 bits per heavy atom. The molecule has 5 nitrogen and oxygen atoms in total. The topological polar surface area (TPSA) is 62.3 Å². The summed E-state index contributed by atoms with van der Waals surface area (Å²) < 4.78 is 27.3. The molecule has 0 aliphatic carbocycles. The maximum atomic E-state index is 12.3. The average molecular weight is 331 g/mol. The van der Waals surface area contributed by atoms with Crippen LogP contribution >= 0.6 is 0 Å².